The maximum absolute atomic E-state index is 9.25. The Kier molecular flexibility index (Phi) is 4.23. The molecule has 1 unspecified atom stereocenters. The van der Waals surface area contributed by atoms with Gasteiger partial charge in [0, 0.05) is 24.8 Å². The van der Waals surface area contributed by atoms with Crippen molar-refractivity contribution in [3.63, 3.8) is 0 Å². The lowest BCUT2D eigenvalue weighted by Crippen LogP contribution is -2.40. The second-order valence-electron chi connectivity index (χ2n) is 4.33. The van der Waals surface area contributed by atoms with Crippen molar-refractivity contribution in [3.05, 3.63) is 24.3 Å². The third kappa shape index (κ3) is 3.11. The summed E-state index contributed by atoms with van der Waals surface area (Å²) in [6.07, 6.45) is 1.10. The van der Waals surface area contributed by atoms with Crippen LogP contribution in [0.1, 0.15) is 6.42 Å². The Balaban J connectivity index is 2.08. The summed E-state index contributed by atoms with van der Waals surface area (Å²) in [5, 5.41) is 12.6. The second kappa shape index (κ2) is 5.89. The number of rotatable bonds is 3. The van der Waals surface area contributed by atoms with E-state index in [1.54, 1.807) is 7.11 Å². The third-order valence-electron chi connectivity index (χ3n) is 3.14. The molecular formula is C13H20N2O2. The molecular weight excluding hydrogens is 216 g/mol. The quantitative estimate of drug-likeness (QED) is 0.817. The summed E-state index contributed by atoms with van der Waals surface area (Å²) in [6.45, 7) is 3.03. The van der Waals surface area contributed by atoms with Crippen LogP contribution >= 0.6 is 0 Å². The van der Waals surface area contributed by atoms with Crippen molar-refractivity contribution in [1.82, 2.24) is 5.32 Å². The Morgan fingerprint density at radius 1 is 1.41 bits per heavy atom. The maximum atomic E-state index is 9.25. The highest BCUT2D eigenvalue weighted by Gasteiger charge is 2.16. The lowest BCUT2D eigenvalue weighted by atomic mass is 10.2. The van der Waals surface area contributed by atoms with Crippen LogP contribution in [0.15, 0.2) is 24.3 Å². The molecule has 2 rings (SSSR count). The molecule has 0 radical (unpaired) electrons. The first-order chi connectivity index (χ1) is 8.33. The van der Waals surface area contributed by atoms with Crippen LogP contribution in [0.4, 0.5) is 5.69 Å². The molecule has 17 heavy (non-hydrogen) atoms. The standard InChI is InChI=1S/C13H20N2O2/c1-17-13-5-3-12(4-6-13)15-8-2-7-14-11(9-15)10-16/h3-6,11,14,16H,2,7-10H2,1H3. The number of nitrogens with one attached hydrogen (secondary N) is 1. The second-order valence-corrected chi connectivity index (χ2v) is 4.33. The topological polar surface area (TPSA) is 44.7 Å². The molecule has 1 fully saturated rings. The number of aliphatic hydroxyl groups excluding tert-OH is 1. The van der Waals surface area contributed by atoms with Crippen LogP contribution in [0.2, 0.25) is 0 Å². The molecule has 0 spiro atoms. The fraction of sp³-hybridized carbons (Fsp3) is 0.538. The lowest BCUT2D eigenvalue weighted by molar-refractivity contribution is 0.248. The average molecular weight is 236 g/mol. The van der Waals surface area contributed by atoms with Crippen molar-refractivity contribution < 1.29 is 9.84 Å². The van der Waals surface area contributed by atoms with Crippen LogP contribution in [-0.4, -0.2) is 44.5 Å². The van der Waals surface area contributed by atoms with Gasteiger partial charge >= 0.3 is 0 Å². The molecule has 1 heterocycles. The zero-order valence-corrected chi connectivity index (χ0v) is 10.2. The predicted molar refractivity (Wildman–Crippen MR) is 68.7 cm³/mol. The summed E-state index contributed by atoms with van der Waals surface area (Å²) < 4.78 is 5.15. The van der Waals surface area contributed by atoms with E-state index in [4.69, 9.17) is 4.74 Å². The molecule has 2 N–H and O–H groups in total. The van der Waals surface area contributed by atoms with E-state index in [1.807, 2.05) is 12.1 Å². The van der Waals surface area contributed by atoms with Crippen LogP contribution in [0.5, 0.6) is 5.75 Å². The van der Waals surface area contributed by atoms with Gasteiger partial charge in [0.25, 0.3) is 0 Å². The molecule has 4 heteroatoms. The molecule has 1 atom stereocenters. The molecule has 1 aromatic carbocycles. The zero-order chi connectivity index (χ0) is 12.1. The number of hydrogen-bond acceptors (Lipinski definition) is 4. The van der Waals surface area contributed by atoms with E-state index in [-0.39, 0.29) is 12.6 Å². The van der Waals surface area contributed by atoms with Gasteiger partial charge in [-0.3, -0.25) is 0 Å². The third-order valence-corrected chi connectivity index (χ3v) is 3.14. The Bertz CT molecular complexity index is 340. The number of benzene rings is 1. The van der Waals surface area contributed by atoms with E-state index in [9.17, 15) is 5.11 Å². The van der Waals surface area contributed by atoms with Gasteiger partial charge in [0.15, 0.2) is 0 Å². The first-order valence-electron chi connectivity index (χ1n) is 6.06. The SMILES string of the molecule is COc1ccc(N2CCCNC(CO)C2)cc1. The number of aliphatic hydroxyl groups is 1. The van der Waals surface area contributed by atoms with E-state index < -0.39 is 0 Å². The largest absolute Gasteiger partial charge is 0.497 e. The average Bonchev–Trinajstić information content (AvgIpc) is 2.64. The smallest absolute Gasteiger partial charge is 0.119 e. The molecule has 94 valence electrons. The fourth-order valence-corrected chi connectivity index (χ4v) is 2.15. The van der Waals surface area contributed by atoms with E-state index >= 15 is 0 Å². The Hall–Kier alpha value is -1.26. The maximum Gasteiger partial charge on any atom is 0.119 e. The van der Waals surface area contributed by atoms with Gasteiger partial charge in [-0.25, -0.2) is 0 Å². The van der Waals surface area contributed by atoms with Crippen molar-refractivity contribution in [1.29, 1.82) is 0 Å². The molecule has 4 nitrogen and oxygen atoms in total. The number of ether oxygens (including phenoxy) is 1. The van der Waals surface area contributed by atoms with Crippen LogP contribution < -0.4 is 15.0 Å². The number of methoxy groups -OCH3 is 1. The van der Waals surface area contributed by atoms with Crippen molar-refractivity contribution in [2.24, 2.45) is 0 Å². The molecule has 0 aromatic heterocycles. The van der Waals surface area contributed by atoms with Gasteiger partial charge in [0.1, 0.15) is 5.75 Å². The van der Waals surface area contributed by atoms with Gasteiger partial charge in [-0.2, -0.15) is 0 Å². The minimum absolute atomic E-state index is 0.166. The summed E-state index contributed by atoms with van der Waals surface area (Å²) in [7, 11) is 1.67. The number of hydrogen-bond donors (Lipinski definition) is 2. The summed E-state index contributed by atoms with van der Waals surface area (Å²) >= 11 is 0. The first kappa shape index (κ1) is 12.2. The monoisotopic (exact) mass is 236 g/mol. The summed E-state index contributed by atoms with van der Waals surface area (Å²) in [5.41, 5.74) is 1.19. The number of nitrogens with zero attached hydrogens (tertiary/aromatic N) is 1. The van der Waals surface area contributed by atoms with E-state index in [0.29, 0.717) is 0 Å². The van der Waals surface area contributed by atoms with Gasteiger partial charge in [0.2, 0.25) is 0 Å². The van der Waals surface area contributed by atoms with Gasteiger partial charge in [0.05, 0.1) is 13.7 Å². The van der Waals surface area contributed by atoms with Crippen LogP contribution in [0.3, 0.4) is 0 Å². The summed E-state index contributed by atoms with van der Waals surface area (Å²) in [6, 6.07) is 8.25. The van der Waals surface area contributed by atoms with E-state index in [2.05, 4.69) is 22.3 Å². The summed E-state index contributed by atoms with van der Waals surface area (Å²) in [4.78, 5) is 2.31. The molecule has 0 saturated carbocycles. The highest BCUT2D eigenvalue weighted by molar-refractivity contribution is 5.49. The van der Waals surface area contributed by atoms with Crippen LogP contribution in [-0.2, 0) is 0 Å². The van der Waals surface area contributed by atoms with Crippen molar-refractivity contribution in [2.45, 2.75) is 12.5 Å². The van der Waals surface area contributed by atoms with E-state index in [0.717, 1.165) is 31.8 Å². The van der Waals surface area contributed by atoms with Crippen molar-refractivity contribution in [3.8, 4) is 5.75 Å². The van der Waals surface area contributed by atoms with Crippen molar-refractivity contribution in [2.75, 3.05) is 38.3 Å². The Morgan fingerprint density at radius 2 is 2.18 bits per heavy atom. The molecule has 1 aromatic rings. The molecule has 1 saturated heterocycles. The van der Waals surface area contributed by atoms with Crippen LogP contribution in [0.25, 0.3) is 0 Å². The van der Waals surface area contributed by atoms with Gasteiger partial charge in [-0.05, 0) is 37.2 Å². The first-order valence-corrected chi connectivity index (χ1v) is 6.06. The minimum atomic E-state index is 0.166. The van der Waals surface area contributed by atoms with E-state index in [1.165, 1.54) is 5.69 Å². The van der Waals surface area contributed by atoms with Gasteiger partial charge in [-0.1, -0.05) is 0 Å². The number of anilines is 1. The predicted octanol–water partition coefficient (Wildman–Crippen LogP) is 0.856. The summed E-state index contributed by atoms with van der Waals surface area (Å²) in [5.74, 6) is 0.875. The highest BCUT2D eigenvalue weighted by Crippen LogP contribution is 2.20. The fourth-order valence-electron chi connectivity index (χ4n) is 2.15. The minimum Gasteiger partial charge on any atom is -0.497 e. The molecule has 1 aliphatic heterocycles. The Labute approximate surface area is 102 Å². The normalized spacial score (nSPS) is 21.1. The van der Waals surface area contributed by atoms with Gasteiger partial charge in [-0.15, -0.1) is 0 Å². The molecule has 1 aliphatic rings. The van der Waals surface area contributed by atoms with Crippen LogP contribution in [0, 0.1) is 0 Å². The van der Waals surface area contributed by atoms with Gasteiger partial charge < -0.3 is 20.1 Å². The molecule has 0 bridgehead atoms. The molecule has 0 aliphatic carbocycles. The Morgan fingerprint density at radius 3 is 2.82 bits per heavy atom. The van der Waals surface area contributed by atoms with Crippen molar-refractivity contribution >= 4 is 5.69 Å². The zero-order valence-electron chi connectivity index (χ0n) is 10.2. The highest BCUT2D eigenvalue weighted by atomic mass is 16.5. The lowest BCUT2D eigenvalue weighted by Gasteiger charge is -2.25. The molecule has 0 amide bonds.